The van der Waals surface area contributed by atoms with Gasteiger partial charge in [0.25, 0.3) is 5.91 Å². The number of hydrogen-bond acceptors (Lipinski definition) is 6. The zero-order valence-corrected chi connectivity index (χ0v) is 19.4. The van der Waals surface area contributed by atoms with Gasteiger partial charge in [-0.05, 0) is 43.9 Å². The molecular weight excluding hydrogens is 394 g/mol. The summed E-state index contributed by atoms with van der Waals surface area (Å²) >= 11 is 0. The first-order valence-corrected chi connectivity index (χ1v) is 11.7. The fourth-order valence-corrected chi connectivity index (χ4v) is 5.33. The number of urea groups is 1. The Morgan fingerprint density at radius 3 is 2.39 bits per heavy atom. The third-order valence-corrected chi connectivity index (χ3v) is 7.97. The molecule has 2 saturated heterocycles. The maximum atomic E-state index is 13.3. The van der Waals surface area contributed by atoms with Crippen molar-refractivity contribution in [2.75, 3.05) is 32.8 Å². The Labute approximate surface area is 185 Å². The van der Waals surface area contributed by atoms with Crippen LogP contribution in [0.25, 0.3) is 0 Å². The quantitative estimate of drug-likeness (QED) is 0.698. The molecule has 1 aliphatic carbocycles. The van der Waals surface area contributed by atoms with Crippen molar-refractivity contribution >= 4 is 11.9 Å². The van der Waals surface area contributed by atoms with E-state index in [4.69, 9.17) is 4.52 Å². The Bertz CT molecular complexity index is 804. The van der Waals surface area contributed by atoms with Crippen LogP contribution in [0.5, 0.6) is 0 Å². The summed E-state index contributed by atoms with van der Waals surface area (Å²) in [6.45, 7) is 13.3. The number of carbonyl (C=O) groups is 2. The van der Waals surface area contributed by atoms with Crippen molar-refractivity contribution in [1.82, 2.24) is 25.2 Å². The van der Waals surface area contributed by atoms with Gasteiger partial charge in [0.15, 0.2) is 0 Å². The summed E-state index contributed by atoms with van der Waals surface area (Å²) < 4.78 is 5.15. The van der Waals surface area contributed by atoms with E-state index < -0.39 is 5.54 Å². The van der Waals surface area contributed by atoms with Crippen LogP contribution >= 0.6 is 0 Å². The van der Waals surface area contributed by atoms with Crippen LogP contribution in [0.4, 0.5) is 4.79 Å². The largest absolute Gasteiger partial charge is 0.361 e. The average molecular weight is 432 g/mol. The highest BCUT2D eigenvalue weighted by Crippen LogP contribution is 2.45. The van der Waals surface area contributed by atoms with E-state index in [-0.39, 0.29) is 17.4 Å². The number of carbonyl (C=O) groups excluding carboxylic acids is 2. The van der Waals surface area contributed by atoms with E-state index in [1.165, 1.54) is 4.90 Å². The number of rotatable bonds is 6. The van der Waals surface area contributed by atoms with Crippen LogP contribution in [0.2, 0.25) is 0 Å². The zero-order valence-electron chi connectivity index (χ0n) is 19.4. The summed E-state index contributed by atoms with van der Waals surface area (Å²) in [6.07, 6.45) is 4.65. The van der Waals surface area contributed by atoms with E-state index in [2.05, 4.69) is 41.0 Å². The minimum atomic E-state index is -0.677. The molecule has 3 aliphatic rings. The number of piperazine rings is 1. The summed E-state index contributed by atoms with van der Waals surface area (Å²) in [6, 6.07) is 1.74. The summed E-state index contributed by atoms with van der Waals surface area (Å²) in [5.74, 6) is 1.42. The Hall–Kier alpha value is -1.93. The van der Waals surface area contributed by atoms with E-state index in [1.807, 2.05) is 13.0 Å². The second kappa shape index (κ2) is 8.54. The number of nitrogens with zero attached hydrogens (tertiary/aromatic N) is 4. The van der Waals surface area contributed by atoms with Gasteiger partial charge in [0.1, 0.15) is 11.3 Å². The van der Waals surface area contributed by atoms with Crippen LogP contribution in [0.15, 0.2) is 10.6 Å². The van der Waals surface area contributed by atoms with Gasteiger partial charge < -0.3 is 9.84 Å². The first-order chi connectivity index (χ1) is 14.7. The molecule has 0 bridgehead atoms. The Kier molecular flexibility index (Phi) is 6.14. The molecule has 1 aromatic rings. The number of imide groups is 1. The van der Waals surface area contributed by atoms with E-state index in [9.17, 15) is 9.59 Å². The number of aromatic nitrogens is 1. The Morgan fingerprint density at radius 2 is 1.81 bits per heavy atom. The highest BCUT2D eigenvalue weighted by atomic mass is 16.5. The molecular formula is C23H37N5O3. The lowest BCUT2D eigenvalue weighted by Crippen LogP contribution is -2.53. The number of amides is 3. The van der Waals surface area contributed by atoms with Gasteiger partial charge in [0, 0.05) is 38.8 Å². The van der Waals surface area contributed by atoms with Crippen molar-refractivity contribution in [3.8, 4) is 0 Å². The second-order valence-electron chi connectivity index (χ2n) is 10.3. The molecule has 1 N–H and O–H groups in total. The van der Waals surface area contributed by atoms with Crippen LogP contribution in [-0.2, 0) is 11.3 Å². The van der Waals surface area contributed by atoms with Gasteiger partial charge in [0.05, 0.1) is 12.4 Å². The molecule has 8 heteroatoms. The average Bonchev–Trinajstić information content (AvgIpc) is 3.26. The van der Waals surface area contributed by atoms with Gasteiger partial charge in [-0.25, -0.2) is 9.69 Å². The molecule has 0 aromatic carbocycles. The first kappa shape index (κ1) is 22.3. The predicted molar refractivity (Wildman–Crippen MR) is 117 cm³/mol. The molecule has 31 heavy (non-hydrogen) atoms. The summed E-state index contributed by atoms with van der Waals surface area (Å²) in [5.41, 5.74) is 0.560. The molecule has 0 atom stereocenters. The van der Waals surface area contributed by atoms with E-state index in [0.717, 1.165) is 76.3 Å². The molecule has 1 saturated carbocycles. The van der Waals surface area contributed by atoms with Crippen molar-refractivity contribution < 1.29 is 14.1 Å². The maximum absolute atomic E-state index is 13.3. The van der Waals surface area contributed by atoms with Crippen LogP contribution in [0.3, 0.4) is 0 Å². The lowest BCUT2D eigenvalue weighted by molar-refractivity contribution is -0.134. The minimum absolute atomic E-state index is 0.0224. The highest BCUT2D eigenvalue weighted by Gasteiger charge is 2.53. The third-order valence-electron chi connectivity index (χ3n) is 7.97. The maximum Gasteiger partial charge on any atom is 0.326 e. The number of nitrogens with one attached hydrogen (secondary N) is 1. The van der Waals surface area contributed by atoms with Crippen LogP contribution in [-0.4, -0.2) is 70.2 Å². The second-order valence-corrected chi connectivity index (χ2v) is 10.3. The molecule has 3 heterocycles. The Morgan fingerprint density at radius 1 is 1.16 bits per heavy atom. The third kappa shape index (κ3) is 4.51. The van der Waals surface area contributed by atoms with Crippen molar-refractivity contribution in [2.45, 2.75) is 71.9 Å². The standard InChI is InChI=1S/C23H37N5O3/c1-5-22(3,4)18-6-8-23(9-7-18)20(29)28(21(30)24-23)16-27-12-10-26(11-13-27)15-19-14-17(2)31-25-19/h14,18H,5-13,15-16H2,1-4H3,(H,24,30). The molecule has 3 amide bonds. The SMILES string of the molecule is CCC(C)(C)C1CCC2(CC1)NC(=O)N(CN1CCN(Cc3cc(C)on3)CC1)C2=O. The summed E-state index contributed by atoms with van der Waals surface area (Å²) in [7, 11) is 0. The first-order valence-electron chi connectivity index (χ1n) is 11.7. The number of aryl methyl sites for hydroxylation is 1. The Balaban J connectivity index is 1.29. The van der Waals surface area contributed by atoms with Gasteiger partial charge >= 0.3 is 6.03 Å². The monoisotopic (exact) mass is 431 g/mol. The van der Waals surface area contributed by atoms with Crippen molar-refractivity contribution in [3.05, 3.63) is 17.5 Å². The van der Waals surface area contributed by atoms with E-state index in [0.29, 0.717) is 12.6 Å². The van der Waals surface area contributed by atoms with Crippen LogP contribution in [0.1, 0.15) is 64.3 Å². The fourth-order valence-electron chi connectivity index (χ4n) is 5.33. The van der Waals surface area contributed by atoms with Gasteiger partial charge in [-0.1, -0.05) is 32.3 Å². The van der Waals surface area contributed by atoms with Crippen LogP contribution in [0, 0.1) is 18.3 Å². The molecule has 1 spiro atoms. The van der Waals surface area contributed by atoms with Crippen LogP contribution < -0.4 is 5.32 Å². The van der Waals surface area contributed by atoms with Gasteiger partial charge in [-0.3, -0.25) is 14.6 Å². The van der Waals surface area contributed by atoms with Crippen molar-refractivity contribution in [3.63, 3.8) is 0 Å². The lowest BCUT2D eigenvalue weighted by atomic mass is 9.65. The van der Waals surface area contributed by atoms with Crippen molar-refractivity contribution in [1.29, 1.82) is 0 Å². The molecule has 0 unspecified atom stereocenters. The molecule has 3 fully saturated rings. The van der Waals surface area contributed by atoms with E-state index >= 15 is 0 Å². The van der Waals surface area contributed by atoms with Gasteiger partial charge in [-0.15, -0.1) is 0 Å². The van der Waals surface area contributed by atoms with Crippen molar-refractivity contribution in [2.24, 2.45) is 11.3 Å². The molecule has 0 radical (unpaired) electrons. The van der Waals surface area contributed by atoms with Gasteiger partial charge in [0.2, 0.25) is 0 Å². The highest BCUT2D eigenvalue weighted by molar-refractivity contribution is 6.07. The minimum Gasteiger partial charge on any atom is -0.361 e. The molecule has 172 valence electrons. The van der Waals surface area contributed by atoms with Gasteiger partial charge in [-0.2, -0.15) is 0 Å². The molecule has 2 aliphatic heterocycles. The normalized spacial score (nSPS) is 28.5. The smallest absolute Gasteiger partial charge is 0.326 e. The fraction of sp³-hybridized carbons (Fsp3) is 0.783. The summed E-state index contributed by atoms with van der Waals surface area (Å²) in [5, 5.41) is 7.14. The topological polar surface area (TPSA) is 81.9 Å². The number of hydrogen-bond donors (Lipinski definition) is 1. The zero-order chi connectivity index (χ0) is 22.2. The summed E-state index contributed by atoms with van der Waals surface area (Å²) in [4.78, 5) is 32.0. The molecule has 8 nitrogen and oxygen atoms in total. The predicted octanol–water partition coefficient (Wildman–Crippen LogP) is 2.98. The molecule has 1 aromatic heterocycles. The lowest BCUT2D eigenvalue weighted by Gasteiger charge is -2.42. The molecule has 4 rings (SSSR count). The van der Waals surface area contributed by atoms with E-state index in [1.54, 1.807) is 0 Å².